The highest BCUT2D eigenvalue weighted by molar-refractivity contribution is 5.81. The summed E-state index contributed by atoms with van der Waals surface area (Å²) in [6, 6.07) is 2.13. The van der Waals surface area contributed by atoms with Crippen molar-refractivity contribution in [1.29, 1.82) is 0 Å². The van der Waals surface area contributed by atoms with Crippen LogP contribution in [0.5, 0.6) is 0 Å². The lowest BCUT2D eigenvalue weighted by atomic mass is 10.2. The number of alkyl halides is 3. The lowest BCUT2D eigenvalue weighted by molar-refractivity contribution is -0.163. The van der Waals surface area contributed by atoms with Gasteiger partial charge in [-0.05, 0) is 18.6 Å². The fourth-order valence-electron chi connectivity index (χ4n) is 1.43. The zero-order valence-corrected chi connectivity index (χ0v) is 9.91. The first-order valence-corrected chi connectivity index (χ1v) is 5.47. The maximum Gasteiger partial charge on any atom is 0.406 e. The molecule has 1 atom stereocenters. The van der Waals surface area contributed by atoms with Gasteiger partial charge in [0.2, 0.25) is 5.91 Å². The van der Waals surface area contributed by atoms with E-state index in [1.165, 1.54) is 12.3 Å². The van der Waals surface area contributed by atoms with Crippen LogP contribution in [0, 0.1) is 0 Å². The van der Waals surface area contributed by atoms with Gasteiger partial charge in [0.1, 0.15) is 12.3 Å². The van der Waals surface area contributed by atoms with Crippen molar-refractivity contribution < 1.29 is 22.4 Å². The molecule has 0 aromatic carbocycles. The highest BCUT2D eigenvalue weighted by atomic mass is 19.4. The average molecular weight is 264 g/mol. The molecule has 0 aliphatic rings. The van der Waals surface area contributed by atoms with Crippen molar-refractivity contribution in [3.05, 3.63) is 24.2 Å². The Labute approximate surface area is 103 Å². The Balaban J connectivity index is 2.78. The van der Waals surface area contributed by atoms with E-state index in [0.717, 1.165) is 0 Å². The van der Waals surface area contributed by atoms with E-state index < -0.39 is 24.7 Å². The number of hydrogen-bond donors (Lipinski definition) is 1. The van der Waals surface area contributed by atoms with Gasteiger partial charge in [-0.3, -0.25) is 4.79 Å². The Morgan fingerprint density at radius 1 is 1.56 bits per heavy atom. The van der Waals surface area contributed by atoms with E-state index in [0.29, 0.717) is 4.90 Å². The fraction of sp³-hybridized carbons (Fsp3) is 0.545. The number of furan rings is 1. The number of nitrogens with two attached hydrogens (primary N) is 1. The first-order chi connectivity index (χ1) is 8.33. The molecule has 0 fully saturated rings. The van der Waals surface area contributed by atoms with Crippen molar-refractivity contribution in [3.8, 4) is 0 Å². The zero-order valence-electron chi connectivity index (χ0n) is 9.91. The molecule has 4 nitrogen and oxygen atoms in total. The molecule has 0 radical (unpaired) electrons. The van der Waals surface area contributed by atoms with E-state index in [9.17, 15) is 18.0 Å². The molecule has 1 aromatic rings. The SMILES string of the molecule is CCC(N)C(=O)N(Cc1ccco1)CC(F)(F)F. The van der Waals surface area contributed by atoms with Crippen LogP contribution < -0.4 is 5.73 Å². The summed E-state index contributed by atoms with van der Waals surface area (Å²) in [5.41, 5.74) is 5.48. The summed E-state index contributed by atoms with van der Waals surface area (Å²) < 4.78 is 42.1. The molecule has 7 heteroatoms. The second kappa shape index (κ2) is 5.90. The molecular weight excluding hydrogens is 249 g/mol. The highest BCUT2D eigenvalue weighted by Gasteiger charge is 2.34. The van der Waals surface area contributed by atoms with Crippen molar-refractivity contribution in [2.24, 2.45) is 5.73 Å². The van der Waals surface area contributed by atoms with Gasteiger partial charge in [0, 0.05) is 0 Å². The first kappa shape index (κ1) is 14.6. The van der Waals surface area contributed by atoms with E-state index in [2.05, 4.69) is 0 Å². The minimum absolute atomic E-state index is 0.237. The molecule has 1 unspecified atom stereocenters. The smallest absolute Gasteiger partial charge is 0.406 e. The maximum absolute atomic E-state index is 12.4. The lowest BCUT2D eigenvalue weighted by Crippen LogP contribution is -2.46. The minimum Gasteiger partial charge on any atom is -0.467 e. The molecule has 1 amide bonds. The normalized spacial score (nSPS) is 13.4. The van der Waals surface area contributed by atoms with Gasteiger partial charge < -0.3 is 15.1 Å². The van der Waals surface area contributed by atoms with Crippen LogP contribution in [0.15, 0.2) is 22.8 Å². The second-order valence-corrected chi connectivity index (χ2v) is 3.90. The summed E-state index contributed by atoms with van der Waals surface area (Å²) in [5, 5.41) is 0. The van der Waals surface area contributed by atoms with Crippen LogP contribution in [0.1, 0.15) is 19.1 Å². The summed E-state index contributed by atoms with van der Waals surface area (Å²) in [6.45, 7) is 0.0699. The Morgan fingerprint density at radius 3 is 2.67 bits per heavy atom. The number of halogens is 3. The van der Waals surface area contributed by atoms with Gasteiger partial charge in [-0.2, -0.15) is 13.2 Å². The van der Waals surface area contributed by atoms with Crippen molar-refractivity contribution >= 4 is 5.91 Å². The first-order valence-electron chi connectivity index (χ1n) is 5.47. The van der Waals surface area contributed by atoms with Crippen LogP contribution >= 0.6 is 0 Å². The molecule has 102 valence electrons. The Morgan fingerprint density at radius 2 is 2.22 bits per heavy atom. The summed E-state index contributed by atoms with van der Waals surface area (Å²) >= 11 is 0. The summed E-state index contributed by atoms with van der Waals surface area (Å²) in [6.07, 6.45) is -2.84. The summed E-state index contributed by atoms with van der Waals surface area (Å²) in [4.78, 5) is 12.4. The molecule has 0 aliphatic heterocycles. The van der Waals surface area contributed by atoms with Gasteiger partial charge in [0.25, 0.3) is 0 Å². The third-order valence-corrected chi connectivity index (χ3v) is 2.37. The van der Waals surface area contributed by atoms with Gasteiger partial charge in [-0.1, -0.05) is 6.92 Å². The van der Waals surface area contributed by atoms with E-state index >= 15 is 0 Å². The summed E-state index contributed by atoms with van der Waals surface area (Å²) in [5.74, 6) is -0.442. The van der Waals surface area contributed by atoms with Gasteiger partial charge in [0.15, 0.2) is 0 Å². The van der Waals surface area contributed by atoms with Gasteiger partial charge in [0.05, 0.1) is 18.8 Å². The second-order valence-electron chi connectivity index (χ2n) is 3.90. The van der Waals surface area contributed by atoms with Crippen molar-refractivity contribution in [3.63, 3.8) is 0 Å². The van der Waals surface area contributed by atoms with Crippen LogP contribution in [-0.4, -0.2) is 29.6 Å². The van der Waals surface area contributed by atoms with Gasteiger partial charge >= 0.3 is 6.18 Å². The number of hydrogen-bond acceptors (Lipinski definition) is 3. The zero-order chi connectivity index (χ0) is 13.8. The maximum atomic E-state index is 12.4. The molecule has 2 N–H and O–H groups in total. The topological polar surface area (TPSA) is 59.5 Å². The molecule has 0 aliphatic carbocycles. The largest absolute Gasteiger partial charge is 0.467 e. The number of carbonyl (C=O) groups is 1. The third kappa shape index (κ3) is 4.40. The van der Waals surface area contributed by atoms with E-state index in [-0.39, 0.29) is 18.7 Å². The van der Waals surface area contributed by atoms with E-state index in [1.54, 1.807) is 13.0 Å². The van der Waals surface area contributed by atoms with Crippen LogP contribution in [0.2, 0.25) is 0 Å². The number of nitrogens with zero attached hydrogens (tertiary/aromatic N) is 1. The van der Waals surface area contributed by atoms with Gasteiger partial charge in [-0.15, -0.1) is 0 Å². The molecule has 0 bridgehead atoms. The van der Waals surface area contributed by atoms with Crippen LogP contribution in [-0.2, 0) is 11.3 Å². The fourth-order valence-corrected chi connectivity index (χ4v) is 1.43. The van der Waals surface area contributed by atoms with Gasteiger partial charge in [-0.25, -0.2) is 0 Å². The molecule has 0 saturated carbocycles. The van der Waals surface area contributed by atoms with Crippen molar-refractivity contribution in [2.45, 2.75) is 32.1 Å². The number of amides is 1. The van der Waals surface area contributed by atoms with E-state index in [1.807, 2.05) is 0 Å². The van der Waals surface area contributed by atoms with Crippen molar-refractivity contribution in [1.82, 2.24) is 4.90 Å². The molecule has 1 rings (SSSR count). The molecule has 0 saturated heterocycles. The molecule has 1 heterocycles. The standard InChI is InChI=1S/C11H15F3N2O2/c1-2-9(15)10(17)16(7-11(12,13)14)6-8-4-3-5-18-8/h3-5,9H,2,6-7,15H2,1H3. The Kier molecular flexibility index (Phi) is 4.77. The lowest BCUT2D eigenvalue weighted by Gasteiger charge is -2.25. The van der Waals surface area contributed by atoms with Crippen molar-refractivity contribution in [2.75, 3.05) is 6.54 Å². The quantitative estimate of drug-likeness (QED) is 0.883. The van der Waals surface area contributed by atoms with E-state index in [4.69, 9.17) is 10.2 Å². The monoisotopic (exact) mass is 264 g/mol. The number of rotatable bonds is 5. The van der Waals surface area contributed by atoms with Crippen LogP contribution in [0.3, 0.4) is 0 Å². The Hall–Kier alpha value is -1.50. The van der Waals surface area contributed by atoms with Crippen LogP contribution in [0.25, 0.3) is 0 Å². The molecular formula is C11H15F3N2O2. The molecule has 18 heavy (non-hydrogen) atoms. The molecule has 1 aromatic heterocycles. The number of carbonyl (C=O) groups excluding carboxylic acids is 1. The minimum atomic E-state index is -4.46. The predicted octanol–water partition coefficient (Wildman–Crippen LogP) is 1.91. The highest BCUT2D eigenvalue weighted by Crippen LogP contribution is 2.19. The Bertz CT molecular complexity index is 376. The van der Waals surface area contributed by atoms with Crippen LogP contribution in [0.4, 0.5) is 13.2 Å². The predicted molar refractivity (Wildman–Crippen MR) is 58.4 cm³/mol. The average Bonchev–Trinajstić information content (AvgIpc) is 2.77. The summed E-state index contributed by atoms with van der Waals surface area (Å²) in [7, 11) is 0. The molecule has 0 spiro atoms. The third-order valence-electron chi connectivity index (χ3n) is 2.37.